The second-order valence-corrected chi connectivity index (χ2v) is 3.85. The van der Waals surface area contributed by atoms with Crippen LogP contribution in [0.15, 0.2) is 12.2 Å². The van der Waals surface area contributed by atoms with Gasteiger partial charge in [0.15, 0.2) is 9.84 Å². The first-order chi connectivity index (χ1) is 3.56. The maximum absolute atomic E-state index is 10.3. The summed E-state index contributed by atoms with van der Waals surface area (Å²) >= 11 is 0. The summed E-state index contributed by atoms with van der Waals surface area (Å²) in [5.74, 6) is 0.156. The van der Waals surface area contributed by atoms with Gasteiger partial charge in [-0.3, -0.25) is 0 Å². The minimum atomic E-state index is -2.77. The molecule has 0 saturated heterocycles. The zero-order chi connectivity index (χ0) is 6.62. The Kier molecular flexibility index (Phi) is 2.76. The molecule has 0 aliphatic heterocycles. The Morgan fingerprint density at radius 1 is 1.50 bits per heavy atom. The van der Waals surface area contributed by atoms with Gasteiger partial charge in [0.05, 0.1) is 5.75 Å². The van der Waals surface area contributed by atoms with E-state index in [1.54, 1.807) is 19.1 Å². The van der Waals surface area contributed by atoms with Crippen LogP contribution < -0.4 is 0 Å². The quantitative estimate of drug-likeness (QED) is 0.518. The van der Waals surface area contributed by atoms with Crippen molar-refractivity contribution in [3.05, 3.63) is 12.2 Å². The topological polar surface area (TPSA) is 34.1 Å². The average molecular weight is 134 g/mol. The predicted molar refractivity (Wildman–Crippen MR) is 34.5 cm³/mol. The zero-order valence-electron chi connectivity index (χ0n) is 5.09. The van der Waals surface area contributed by atoms with E-state index in [1.807, 2.05) is 0 Å². The normalized spacial score (nSPS) is 12.8. The Hall–Kier alpha value is -0.310. The highest BCUT2D eigenvalue weighted by molar-refractivity contribution is 7.90. The van der Waals surface area contributed by atoms with Crippen LogP contribution in [0.1, 0.15) is 6.92 Å². The summed E-state index contributed by atoms with van der Waals surface area (Å²) in [5.41, 5.74) is 0. The lowest BCUT2D eigenvalue weighted by Crippen LogP contribution is -1.98. The Morgan fingerprint density at radius 3 is 2.12 bits per heavy atom. The van der Waals surface area contributed by atoms with E-state index in [9.17, 15) is 8.42 Å². The van der Waals surface area contributed by atoms with Crippen molar-refractivity contribution in [3.8, 4) is 0 Å². The third kappa shape index (κ3) is 5.69. The fourth-order valence-electron chi connectivity index (χ4n) is 0.271. The lowest BCUT2D eigenvalue weighted by Gasteiger charge is -1.85. The minimum absolute atomic E-state index is 0.156. The van der Waals surface area contributed by atoms with Gasteiger partial charge in [-0.1, -0.05) is 12.2 Å². The van der Waals surface area contributed by atoms with Gasteiger partial charge in [-0.05, 0) is 6.92 Å². The van der Waals surface area contributed by atoms with E-state index >= 15 is 0 Å². The molecule has 0 radical (unpaired) electrons. The zero-order valence-corrected chi connectivity index (χ0v) is 5.90. The van der Waals surface area contributed by atoms with Crippen molar-refractivity contribution in [2.24, 2.45) is 0 Å². The number of sulfone groups is 1. The van der Waals surface area contributed by atoms with Gasteiger partial charge in [-0.25, -0.2) is 8.42 Å². The van der Waals surface area contributed by atoms with Gasteiger partial charge in [-0.2, -0.15) is 0 Å². The molecule has 0 aliphatic rings. The molecule has 0 aliphatic carbocycles. The van der Waals surface area contributed by atoms with Gasteiger partial charge >= 0.3 is 0 Å². The van der Waals surface area contributed by atoms with Gasteiger partial charge < -0.3 is 0 Å². The lowest BCUT2D eigenvalue weighted by atomic mass is 10.6. The highest BCUT2D eigenvalue weighted by Crippen LogP contribution is 1.82. The van der Waals surface area contributed by atoms with E-state index in [1.165, 1.54) is 6.26 Å². The Bertz CT molecular complexity index is 165. The average Bonchev–Trinajstić information content (AvgIpc) is 1.59. The maximum Gasteiger partial charge on any atom is 0.150 e. The van der Waals surface area contributed by atoms with Crippen LogP contribution in [0.3, 0.4) is 0 Å². The number of hydrogen-bond donors (Lipinski definition) is 0. The largest absolute Gasteiger partial charge is 0.229 e. The molecular formula is C5H10O2S. The molecular weight excluding hydrogens is 124 g/mol. The molecule has 0 N–H and O–H groups in total. The van der Waals surface area contributed by atoms with E-state index in [-0.39, 0.29) is 5.75 Å². The van der Waals surface area contributed by atoms with Crippen molar-refractivity contribution in [2.75, 3.05) is 12.0 Å². The number of rotatable bonds is 2. The molecule has 0 atom stereocenters. The van der Waals surface area contributed by atoms with Crippen LogP contribution in [0.2, 0.25) is 0 Å². The summed E-state index contributed by atoms with van der Waals surface area (Å²) in [5, 5.41) is 0. The predicted octanol–water partition coefficient (Wildman–Crippen LogP) is 0.607. The third-order valence-electron chi connectivity index (χ3n) is 0.635. The third-order valence-corrected chi connectivity index (χ3v) is 1.43. The van der Waals surface area contributed by atoms with Crippen molar-refractivity contribution < 1.29 is 8.42 Å². The fraction of sp³-hybridized carbons (Fsp3) is 0.600. The van der Waals surface area contributed by atoms with E-state index in [0.29, 0.717) is 0 Å². The maximum atomic E-state index is 10.3. The van der Waals surface area contributed by atoms with Crippen molar-refractivity contribution >= 4 is 9.84 Å². The van der Waals surface area contributed by atoms with E-state index in [2.05, 4.69) is 0 Å². The van der Waals surface area contributed by atoms with E-state index < -0.39 is 9.84 Å². The second kappa shape index (κ2) is 2.87. The molecule has 0 unspecified atom stereocenters. The Morgan fingerprint density at radius 2 is 2.00 bits per heavy atom. The number of allylic oxidation sites excluding steroid dienone is 1. The molecule has 3 heteroatoms. The first-order valence-corrected chi connectivity index (χ1v) is 4.41. The van der Waals surface area contributed by atoms with Crippen LogP contribution in [-0.4, -0.2) is 20.4 Å². The first kappa shape index (κ1) is 7.69. The van der Waals surface area contributed by atoms with Crippen molar-refractivity contribution in [1.82, 2.24) is 0 Å². The molecule has 0 amide bonds. The molecule has 0 rings (SSSR count). The minimum Gasteiger partial charge on any atom is -0.229 e. The van der Waals surface area contributed by atoms with Gasteiger partial charge in [0, 0.05) is 6.26 Å². The summed E-state index contributed by atoms with van der Waals surface area (Å²) in [4.78, 5) is 0. The van der Waals surface area contributed by atoms with Crippen LogP contribution >= 0.6 is 0 Å². The van der Waals surface area contributed by atoms with Crippen LogP contribution in [0.25, 0.3) is 0 Å². The number of hydrogen-bond acceptors (Lipinski definition) is 2. The summed E-state index contributed by atoms with van der Waals surface area (Å²) in [6, 6.07) is 0. The van der Waals surface area contributed by atoms with Crippen molar-refractivity contribution in [1.29, 1.82) is 0 Å². The molecule has 0 saturated carbocycles. The standard InChI is InChI=1S/C5H10O2S/c1-3-4-5-8(2,6)7/h3-4H,5H2,1-2H3/b4-3-. The summed E-state index contributed by atoms with van der Waals surface area (Å²) in [7, 11) is -2.77. The molecule has 8 heavy (non-hydrogen) atoms. The smallest absolute Gasteiger partial charge is 0.150 e. The summed E-state index contributed by atoms with van der Waals surface area (Å²) < 4.78 is 20.7. The monoisotopic (exact) mass is 134 g/mol. The molecule has 2 nitrogen and oxygen atoms in total. The molecule has 0 heterocycles. The molecule has 0 aromatic carbocycles. The van der Waals surface area contributed by atoms with E-state index in [0.717, 1.165) is 0 Å². The molecule has 48 valence electrons. The van der Waals surface area contributed by atoms with Gasteiger partial charge in [-0.15, -0.1) is 0 Å². The van der Waals surface area contributed by atoms with Crippen LogP contribution in [0, 0.1) is 0 Å². The lowest BCUT2D eigenvalue weighted by molar-refractivity contribution is 0.604. The van der Waals surface area contributed by atoms with E-state index in [4.69, 9.17) is 0 Å². The van der Waals surface area contributed by atoms with Gasteiger partial charge in [0.25, 0.3) is 0 Å². The second-order valence-electron chi connectivity index (χ2n) is 1.66. The van der Waals surface area contributed by atoms with Crippen LogP contribution in [-0.2, 0) is 9.84 Å². The molecule has 0 aromatic rings. The highest BCUT2D eigenvalue weighted by Gasteiger charge is 1.93. The van der Waals surface area contributed by atoms with Crippen molar-refractivity contribution in [3.63, 3.8) is 0 Å². The SMILES string of the molecule is C/C=C\CS(C)(=O)=O. The van der Waals surface area contributed by atoms with Crippen LogP contribution in [0.4, 0.5) is 0 Å². The van der Waals surface area contributed by atoms with Crippen LogP contribution in [0.5, 0.6) is 0 Å². The summed E-state index contributed by atoms with van der Waals surface area (Å²) in [6.45, 7) is 1.80. The molecule has 0 fully saturated rings. The summed E-state index contributed by atoms with van der Waals surface area (Å²) in [6.07, 6.45) is 4.56. The molecule has 0 aromatic heterocycles. The Labute approximate surface area is 50.1 Å². The fourth-order valence-corrected chi connectivity index (χ4v) is 0.813. The van der Waals surface area contributed by atoms with Gasteiger partial charge in [0.1, 0.15) is 0 Å². The Balaban J connectivity index is 3.76. The molecule has 0 spiro atoms. The molecule has 0 bridgehead atoms. The van der Waals surface area contributed by atoms with Gasteiger partial charge in [0.2, 0.25) is 0 Å². The first-order valence-electron chi connectivity index (χ1n) is 2.35. The highest BCUT2D eigenvalue weighted by atomic mass is 32.2. The van der Waals surface area contributed by atoms with Crippen molar-refractivity contribution in [2.45, 2.75) is 6.92 Å².